The van der Waals surface area contributed by atoms with Crippen LogP contribution in [0.15, 0.2) is 194 Å². The highest BCUT2D eigenvalue weighted by Gasteiger charge is 2.18. The summed E-state index contributed by atoms with van der Waals surface area (Å²) in [6, 6.07) is 69.9. The van der Waals surface area contributed by atoms with E-state index in [4.69, 9.17) is 9.97 Å². The van der Waals surface area contributed by atoms with Gasteiger partial charge in [0.25, 0.3) is 0 Å². The van der Waals surface area contributed by atoms with E-state index in [9.17, 15) is 5.26 Å². The number of rotatable bonds is 6. The largest absolute Gasteiger partial charge is 0.309 e. The van der Waals surface area contributed by atoms with Gasteiger partial charge in [-0.1, -0.05) is 146 Å². The van der Waals surface area contributed by atoms with E-state index in [0.717, 1.165) is 61.5 Å². The van der Waals surface area contributed by atoms with Gasteiger partial charge < -0.3 is 4.57 Å². The first-order valence-electron chi connectivity index (χ1n) is 18.4. The molecule has 0 saturated carbocycles. The van der Waals surface area contributed by atoms with Gasteiger partial charge in [0.1, 0.15) is 0 Å². The first-order valence-corrected chi connectivity index (χ1v) is 18.4. The Hall–Kier alpha value is -7.61. The van der Waals surface area contributed by atoms with Gasteiger partial charge in [0.15, 0.2) is 5.82 Å². The molecule has 8 aromatic carbocycles. The fraction of sp³-hybridized carbons (Fsp3) is 0. The summed E-state index contributed by atoms with van der Waals surface area (Å²) < 4.78 is 2.38. The van der Waals surface area contributed by atoms with Crippen LogP contribution in [0.5, 0.6) is 0 Å². The molecule has 0 aliphatic rings. The van der Waals surface area contributed by atoms with E-state index < -0.39 is 0 Å². The maximum atomic E-state index is 9.60. The van der Waals surface area contributed by atoms with Gasteiger partial charge >= 0.3 is 0 Å². The van der Waals surface area contributed by atoms with E-state index in [1.807, 2.05) is 60.7 Å². The molecule has 0 spiro atoms. The van der Waals surface area contributed by atoms with Crippen molar-refractivity contribution in [3.8, 4) is 67.9 Å². The zero-order chi connectivity index (χ0) is 36.7. The molecule has 2 aromatic heterocycles. The topological polar surface area (TPSA) is 54.5 Å². The lowest BCUT2D eigenvalue weighted by atomic mass is 9.97. The van der Waals surface area contributed by atoms with Crippen LogP contribution in [0, 0.1) is 11.3 Å². The lowest BCUT2D eigenvalue weighted by Crippen LogP contribution is -1.99. The van der Waals surface area contributed by atoms with Crippen LogP contribution in [0.2, 0.25) is 0 Å². The van der Waals surface area contributed by atoms with Gasteiger partial charge in [0.2, 0.25) is 0 Å². The van der Waals surface area contributed by atoms with Crippen molar-refractivity contribution in [1.82, 2.24) is 14.5 Å². The van der Waals surface area contributed by atoms with E-state index in [-0.39, 0.29) is 0 Å². The highest BCUT2D eigenvalue weighted by atomic mass is 15.0. The minimum absolute atomic E-state index is 0.624. The molecule has 0 amide bonds. The van der Waals surface area contributed by atoms with Crippen molar-refractivity contribution in [3.05, 3.63) is 200 Å². The normalized spacial score (nSPS) is 11.3. The monoisotopic (exact) mass is 700 g/mol. The highest BCUT2D eigenvalue weighted by Crippen LogP contribution is 2.39. The zero-order valence-electron chi connectivity index (χ0n) is 29.8. The number of nitriles is 1. The first kappa shape index (κ1) is 32.1. The summed E-state index contributed by atoms with van der Waals surface area (Å²) in [5.41, 5.74) is 12.9. The molecule has 0 fully saturated rings. The Morgan fingerprint density at radius 1 is 0.400 bits per heavy atom. The Morgan fingerprint density at radius 2 is 1.02 bits per heavy atom. The Kier molecular flexibility index (Phi) is 7.83. The van der Waals surface area contributed by atoms with Crippen molar-refractivity contribution in [1.29, 1.82) is 5.26 Å². The minimum Gasteiger partial charge on any atom is -0.309 e. The van der Waals surface area contributed by atoms with E-state index >= 15 is 0 Å². The number of hydrogen-bond acceptors (Lipinski definition) is 3. The van der Waals surface area contributed by atoms with Gasteiger partial charge in [-0.3, -0.25) is 0 Å². The number of fused-ring (bicyclic) bond motifs is 4. The molecule has 256 valence electrons. The second kappa shape index (κ2) is 13.4. The second-order valence-electron chi connectivity index (χ2n) is 13.8. The third kappa shape index (κ3) is 5.81. The van der Waals surface area contributed by atoms with Crippen LogP contribution in [0.25, 0.3) is 94.4 Å². The molecule has 10 rings (SSSR count). The fourth-order valence-electron chi connectivity index (χ4n) is 7.75. The maximum absolute atomic E-state index is 9.60. The summed E-state index contributed by atoms with van der Waals surface area (Å²) in [4.78, 5) is 10.3. The smallest absolute Gasteiger partial charge is 0.160 e. The van der Waals surface area contributed by atoms with E-state index in [0.29, 0.717) is 11.4 Å². The standard InChI is InChI=1S/C51H32N4/c52-33-34-22-24-35(25-23-34)40-28-41(48-32-47(37-13-3-1-4-14-37)53-51(54-48)38-15-5-2-6-16-38)30-42(29-40)55-49-21-10-9-19-45(49)46-27-26-39(31-50(46)55)44-20-11-17-36-12-7-8-18-43(36)44/h1-32H. The van der Waals surface area contributed by atoms with Gasteiger partial charge in [-0.15, -0.1) is 0 Å². The van der Waals surface area contributed by atoms with Crippen LogP contribution in [-0.4, -0.2) is 14.5 Å². The number of nitrogens with zero attached hydrogens (tertiary/aromatic N) is 4. The summed E-state index contributed by atoms with van der Waals surface area (Å²) in [7, 11) is 0. The predicted molar refractivity (Wildman–Crippen MR) is 226 cm³/mol. The average Bonchev–Trinajstić information content (AvgIpc) is 3.60. The van der Waals surface area contributed by atoms with Crippen molar-refractivity contribution < 1.29 is 0 Å². The van der Waals surface area contributed by atoms with Crippen molar-refractivity contribution in [3.63, 3.8) is 0 Å². The molecule has 0 unspecified atom stereocenters. The predicted octanol–water partition coefficient (Wildman–Crippen LogP) is 12.9. The molecule has 0 N–H and O–H groups in total. The average molecular weight is 701 g/mol. The summed E-state index contributed by atoms with van der Waals surface area (Å²) in [6.07, 6.45) is 0. The van der Waals surface area contributed by atoms with Crippen LogP contribution in [0.4, 0.5) is 0 Å². The molecule has 0 atom stereocenters. The molecule has 0 radical (unpaired) electrons. The summed E-state index contributed by atoms with van der Waals surface area (Å²) in [6.45, 7) is 0. The molecule has 0 saturated heterocycles. The third-order valence-electron chi connectivity index (χ3n) is 10.4. The van der Waals surface area contributed by atoms with Crippen LogP contribution in [0.1, 0.15) is 5.56 Å². The first-order chi connectivity index (χ1) is 27.2. The maximum Gasteiger partial charge on any atom is 0.160 e. The molecule has 10 aromatic rings. The Bertz CT molecular complexity index is 3020. The van der Waals surface area contributed by atoms with Gasteiger partial charge in [-0.25, -0.2) is 9.97 Å². The molecule has 0 aliphatic heterocycles. The summed E-state index contributed by atoms with van der Waals surface area (Å²) in [5, 5.41) is 14.4. The second-order valence-corrected chi connectivity index (χ2v) is 13.8. The molecule has 4 heteroatoms. The molecule has 55 heavy (non-hydrogen) atoms. The van der Waals surface area contributed by atoms with Crippen molar-refractivity contribution >= 4 is 32.6 Å². The van der Waals surface area contributed by atoms with Crippen molar-refractivity contribution in [2.45, 2.75) is 0 Å². The van der Waals surface area contributed by atoms with Crippen LogP contribution in [-0.2, 0) is 0 Å². The number of aromatic nitrogens is 3. The Morgan fingerprint density at radius 3 is 1.80 bits per heavy atom. The fourth-order valence-corrected chi connectivity index (χ4v) is 7.75. The summed E-state index contributed by atoms with van der Waals surface area (Å²) >= 11 is 0. The van der Waals surface area contributed by atoms with Crippen LogP contribution in [0.3, 0.4) is 0 Å². The SMILES string of the molecule is N#Cc1ccc(-c2cc(-c3cc(-c4ccccc4)nc(-c4ccccc4)n3)cc(-n3c4ccccc4c4ccc(-c5cccc6ccccc56)cc43)c2)cc1. The molecule has 0 aliphatic carbocycles. The molecular weight excluding hydrogens is 669 g/mol. The number of hydrogen-bond donors (Lipinski definition) is 0. The third-order valence-corrected chi connectivity index (χ3v) is 10.4. The highest BCUT2D eigenvalue weighted by molar-refractivity contribution is 6.11. The van der Waals surface area contributed by atoms with Gasteiger partial charge in [-0.2, -0.15) is 5.26 Å². The quantitative estimate of drug-likeness (QED) is 0.173. The number of benzene rings is 8. The van der Waals surface area contributed by atoms with E-state index in [1.165, 1.54) is 27.1 Å². The van der Waals surface area contributed by atoms with Crippen molar-refractivity contribution in [2.24, 2.45) is 0 Å². The summed E-state index contributed by atoms with van der Waals surface area (Å²) in [5.74, 6) is 0.666. The zero-order valence-corrected chi connectivity index (χ0v) is 29.8. The van der Waals surface area contributed by atoms with Gasteiger partial charge in [0, 0.05) is 33.2 Å². The van der Waals surface area contributed by atoms with Crippen LogP contribution < -0.4 is 0 Å². The van der Waals surface area contributed by atoms with Crippen LogP contribution >= 0.6 is 0 Å². The Labute approximate surface area is 318 Å². The molecule has 2 heterocycles. The van der Waals surface area contributed by atoms with Gasteiger partial charge in [0.05, 0.1) is 34.1 Å². The molecule has 0 bridgehead atoms. The minimum atomic E-state index is 0.624. The molecule has 4 nitrogen and oxygen atoms in total. The Balaban J connectivity index is 1.25. The number of para-hydroxylation sites is 1. The van der Waals surface area contributed by atoms with Crippen molar-refractivity contribution in [2.75, 3.05) is 0 Å². The lowest BCUT2D eigenvalue weighted by Gasteiger charge is -2.15. The van der Waals surface area contributed by atoms with E-state index in [1.54, 1.807) is 0 Å². The van der Waals surface area contributed by atoms with E-state index in [2.05, 4.69) is 144 Å². The lowest BCUT2D eigenvalue weighted by molar-refractivity contribution is 1.16. The molecular formula is C51H32N4. The van der Waals surface area contributed by atoms with Gasteiger partial charge in [-0.05, 0) is 81.6 Å².